The van der Waals surface area contributed by atoms with Crippen LogP contribution in [0.15, 0.2) is 30.3 Å². The molecule has 0 saturated carbocycles. The van der Waals surface area contributed by atoms with Gasteiger partial charge in [0.1, 0.15) is 0 Å². The molecule has 0 spiro atoms. The summed E-state index contributed by atoms with van der Waals surface area (Å²) in [7, 11) is 0. The topological polar surface area (TPSA) is 81.7 Å². The highest BCUT2D eigenvalue weighted by Gasteiger charge is 2.33. The Morgan fingerprint density at radius 3 is 2.46 bits per heavy atom. The third-order valence-electron chi connectivity index (χ3n) is 5.39. The summed E-state index contributed by atoms with van der Waals surface area (Å²) in [6.45, 7) is 6.34. The number of nitrogens with one attached hydrogen (secondary N) is 2. The normalized spacial score (nSPS) is 16.8. The van der Waals surface area contributed by atoms with Crippen molar-refractivity contribution >= 4 is 12.0 Å². The number of amides is 2. The zero-order valence-corrected chi connectivity index (χ0v) is 15.7. The molecule has 1 aliphatic heterocycles. The molecule has 1 aromatic carbocycles. The van der Waals surface area contributed by atoms with Gasteiger partial charge >= 0.3 is 12.0 Å². The summed E-state index contributed by atoms with van der Waals surface area (Å²) in [4.78, 5) is 24.9. The molecule has 1 aliphatic rings. The molecule has 2 amide bonds. The lowest BCUT2D eigenvalue weighted by Gasteiger charge is -2.41. The Balaban J connectivity index is 1.70. The van der Waals surface area contributed by atoms with Crippen LogP contribution in [-0.4, -0.2) is 48.2 Å². The van der Waals surface area contributed by atoms with Crippen LogP contribution in [0.25, 0.3) is 0 Å². The van der Waals surface area contributed by atoms with Crippen LogP contribution in [0, 0.1) is 5.41 Å². The molecule has 1 fully saturated rings. The first-order chi connectivity index (χ1) is 12.5. The first-order valence-corrected chi connectivity index (χ1v) is 9.53. The van der Waals surface area contributed by atoms with Gasteiger partial charge in [-0.3, -0.25) is 9.69 Å². The highest BCUT2D eigenvalue weighted by molar-refractivity contribution is 5.74. The number of likely N-dealkylation sites (tertiary alicyclic amines) is 1. The highest BCUT2D eigenvalue weighted by atomic mass is 16.4. The number of carbonyl (C=O) groups is 2. The fourth-order valence-corrected chi connectivity index (χ4v) is 3.45. The third kappa shape index (κ3) is 6.67. The van der Waals surface area contributed by atoms with Crippen LogP contribution in [0.2, 0.25) is 0 Å². The van der Waals surface area contributed by atoms with Crippen molar-refractivity contribution in [1.82, 2.24) is 15.5 Å². The van der Waals surface area contributed by atoms with E-state index in [2.05, 4.69) is 46.7 Å². The van der Waals surface area contributed by atoms with Crippen molar-refractivity contribution in [3.63, 3.8) is 0 Å². The van der Waals surface area contributed by atoms with Crippen molar-refractivity contribution in [2.45, 2.75) is 45.6 Å². The van der Waals surface area contributed by atoms with Crippen molar-refractivity contribution in [3.8, 4) is 0 Å². The number of carbonyl (C=O) groups excluding carboxylic acids is 1. The Kier molecular flexibility index (Phi) is 7.91. The summed E-state index contributed by atoms with van der Waals surface area (Å²) in [5.74, 6) is -0.834. The molecular formula is C20H31N3O3. The Bertz CT molecular complexity index is 569. The standard InChI is InChI=1S/C20H31N3O3/c1-2-20(16-22-19(26)21-12-6-9-18(24)25)10-13-23(14-11-20)15-17-7-4-3-5-8-17/h3-5,7-8H,2,6,9-16H2,1H3,(H,24,25)(H2,21,22,26). The third-order valence-corrected chi connectivity index (χ3v) is 5.39. The van der Waals surface area contributed by atoms with Crippen LogP contribution < -0.4 is 10.6 Å². The second kappa shape index (κ2) is 10.2. The van der Waals surface area contributed by atoms with Gasteiger partial charge in [-0.2, -0.15) is 0 Å². The second-order valence-corrected chi connectivity index (χ2v) is 7.22. The number of carboxylic acid groups (broad SMARTS) is 1. The average molecular weight is 361 g/mol. The van der Waals surface area contributed by atoms with Gasteiger partial charge in [-0.1, -0.05) is 37.3 Å². The Morgan fingerprint density at radius 1 is 1.15 bits per heavy atom. The van der Waals surface area contributed by atoms with Gasteiger partial charge in [-0.25, -0.2) is 4.79 Å². The molecule has 1 aromatic rings. The monoisotopic (exact) mass is 361 g/mol. The summed E-state index contributed by atoms with van der Waals surface area (Å²) in [6.07, 6.45) is 3.74. The first-order valence-electron chi connectivity index (χ1n) is 9.53. The number of carboxylic acids is 1. The molecule has 3 N–H and O–H groups in total. The van der Waals surface area contributed by atoms with Gasteiger partial charge < -0.3 is 15.7 Å². The fraction of sp³-hybridized carbons (Fsp3) is 0.600. The molecule has 1 saturated heterocycles. The average Bonchev–Trinajstić information content (AvgIpc) is 2.66. The summed E-state index contributed by atoms with van der Waals surface area (Å²) >= 11 is 0. The predicted molar refractivity (Wildman–Crippen MR) is 102 cm³/mol. The molecule has 144 valence electrons. The number of piperidine rings is 1. The van der Waals surface area contributed by atoms with Gasteiger partial charge in [-0.05, 0) is 49.8 Å². The van der Waals surface area contributed by atoms with Gasteiger partial charge in [0, 0.05) is 26.1 Å². The molecule has 0 unspecified atom stereocenters. The molecule has 26 heavy (non-hydrogen) atoms. The van der Waals surface area contributed by atoms with Crippen molar-refractivity contribution in [2.75, 3.05) is 26.2 Å². The van der Waals surface area contributed by atoms with Crippen molar-refractivity contribution in [3.05, 3.63) is 35.9 Å². The number of benzene rings is 1. The second-order valence-electron chi connectivity index (χ2n) is 7.22. The van der Waals surface area contributed by atoms with Crippen molar-refractivity contribution in [2.24, 2.45) is 5.41 Å². The van der Waals surface area contributed by atoms with E-state index in [0.29, 0.717) is 19.5 Å². The van der Waals surface area contributed by atoms with E-state index >= 15 is 0 Å². The summed E-state index contributed by atoms with van der Waals surface area (Å²) in [5.41, 5.74) is 1.50. The van der Waals surface area contributed by atoms with E-state index in [1.54, 1.807) is 0 Å². The fourth-order valence-electron chi connectivity index (χ4n) is 3.45. The van der Waals surface area contributed by atoms with Crippen LogP contribution in [0.3, 0.4) is 0 Å². The van der Waals surface area contributed by atoms with E-state index < -0.39 is 5.97 Å². The van der Waals surface area contributed by atoms with Gasteiger partial charge in [-0.15, -0.1) is 0 Å². The largest absolute Gasteiger partial charge is 0.481 e. The van der Waals surface area contributed by atoms with Crippen LogP contribution in [0.5, 0.6) is 0 Å². The Morgan fingerprint density at radius 2 is 1.85 bits per heavy atom. The van der Waals surface area contributed by atoms with E-state index in [0.717, 1.165) is 38.9 Å². The highest BCUT2D eigenvalue weighted by Crippen LogP contribution is 2.34. The maximum atomic E-state index is 11.9. The minimum Gasteiger partial charge on any atom is -0.481 e. The number of hydrogen-bond acceptors (Lipinski definition) is 3. The van der Waals surface area contributed by atoms with Gasteiger partial charge in [0.15, 0.2) is 0 Å². The lowest BCUT2D eigenvalue weighted by Crippen LogP contribution is -2.47. The number of urea groups is 1. The van der Waals surface area contributed by atoms with Crippen LogP contribution in [0.4, 0.5) is 4.79 Å². The molecule has 6 nitrogen and oxygen atoms in total. The smallest absolute Gasteiger partial charge is 0.314 e. The summed E-state index contributed by atoms with van der Waals surface area (Å²) < 4.78 is 0. The predicted octanol–water partition coefficient (Wildman–Crippen LogP) is 2.84. The summed E-state index contributed by atoms with van der Waals surface area (Å²) in [5, 5.41) is 14.3. The SMILES string of the molecule is CCC1(CNC(=O)NCCCC(=O)O)CCN(Cc2ccccc2)CC1. The summed E-state index contributed by atoms with van der Waals surface area (Å²) in [6, 6.07) is 10.3. The maximum absolute atomic E-state index is 11.9. The van der Waals surface area contributed by atoms with Gasteiger partial charge in [0.05, 0.1) is 0 Å². The first kappa shape index (κ1) is 20.2. The van der Waals surface area contributed by atoms with Crippen LogP contribution in [-0.2, 0) is 11.3 Å². The molecule has 0 aliphatic carbocycles. The van der Waals surface area contributed by atoms with Gasteiger partial charge in [0.2, 0.25) is 0 Å². The van der Waals surface area contributed by atoms with E-state index in [9.17, 15) is 9.59 Å². The number of hydrogen-bond donors (Lipinski definition) is 3. The van der Waals surface area contributed by atoms with E-state index in [1.807, 2.05) is 6.07 Å². The van der Waals surface area contributed by atoms with E-state index in [-0.39, 0.29) is 17.9 Å². The van der Waals surface area contributed by atoms with Crippen molar-refractivity contribution in [1.29, 1.82) is 0 Å². The molecule has 0 atom stereocenters. The lowest BCUT2D eigenvalue weighted by atomic mass is 9.76. The Labute approximate surface area is 156 Å². The van der Waals surface area contributed by atoms with E-state index in [1.165, 1.54) is 5.56 Å². The number of aliphatic carboxylic acids is 1. The minimum absolute atomic E-state index is 0.0798. The molecule has 0 aromatic heterocycles. The molecule has 6 heteroatoms. The van der Waals surface area contributed by atoms with E-state index in [4.69, 9.17) is 5.11 Å². The minimum atomic E-state index is -0.834. The molecule has 0 bridgehead atoms. The molecular weight excluding hydrogens is 330 g/mol. The quantitative estimate of drug-likeness (QED) is 0.591. The number of nitrogens with zero attached hydrogens (tertiary/aromatic N) is 1. The Hall–Kier alpha value is -2.08. The molecule has 1 heterocycles. The maximum Gasteiger partial charge on any atom is 0.314 e. The zero-order chi connectivity index (χ0) is 18.8. The lowest BCUT2D eigenvalue weighted by molar-refractivity contribution is -0.137. The molecule has 0 radical (unpaired) electrons. The van der Waals surface area contributed by atoms with Crippen LogP contribution in [0.1, 0.15) is 44.6 Å². The zero-order valence-electron chi connectivity index (χ0n) is 15.7. The van der Waals surface area contributed by atoms with Gasteiger partial charge in [0.25, 0.3) is 0 Å². The van der Waals surface area contributed by atoms with Crippen LogP contribution >= 0.6 is 0 Å². The van der Waals surface area contributed by atoms with Crippen molar-refractivity contribution < 1.29 is 14.7 Å². The molecule has 2 rings (SSSR count). The number of rotatable bonds is 9.